The Kier molecular flexibility index (Phi) is 4.92. The van der Waals surface area contributed by atoms with E-state index < -0.39 is 5.60 Å². The van der Waals surface area contributed by atoms with Gasteiger partial charge < -0.3 is 24.5 Å². The molecule has 4 rings (SSSR count). The maximum Gasteiger partial charge on any atom is 0.302 e. The molecule has 9 nitrogen and oxygen atoms in total. The van der Waals surface area contributed by atoms with Crippen molar-refractivity contribution in [3.8, 4) is 0 Å². The van der Waals surface area contributed by atoms with Gasteiger partial charge in [-0.25, -0.2) is 4.98 Å². The summed E-state index contributed by atoms with van der Waals surface area (Å²) in [6.45, 7) is 3.50. The first-order chi connectivity index (χ1) is 14.3. The van der Waals surface area contributed by atoms with E-state index in [1.807, 2.05) is 23.7 Å². The van der Waals surface area contributed by atoms with Crippen molar-refractivity contribution in [2.24, 2.45) is 7.05 Å². The van der Waals surface area contributed by atoms with E-state index in [4.69, 9.17) is 9.52 Å². The number of imidazole rings is 1. The molecule has 4 aromatic rings. The molecule has 0 atom stereocenters. The minimum Gasteiger partial charge on any atom is -0.423 e. The van der Waals surface area contributed by atoms with Crippen molar-refractivity contribution in [3.63, 3.8) is 0 Å². The van der Waals surface area contributed by atoms with Gasteiger partial charge in [0.05, 0.1) is 23.2 Å². The average molecular weight is 409 g/mol. The van der Waals surface area contributed by atoms with Crippen molar-refractivity contribution in [1.29, 1.82) is 0 Å². The molecule has 2 heterocycles. The molecule has 0 saturated heterocycles. The van der Waals surface area contributed by atoms with Gasteiger partial charge in [0.25, 0.3) is 5.91 Å². The third kappa shape index (κ3) is 3.72. The SMILES string of the molecule is Cn1c(Nc2nc3ccc(C(C)(C)O)cc3o2)nc2cc(C(=O)NCCO)ccc21. The maximum absolute atomic E-state index is 12.1. The van der Waals surface area contributed by atoms with Crippen molar-refractivity contribution in [2.45, 2.75) is 19.4 Å². The van der Waals surface area contributed by atoms with Gasteiger partial charge in [0, 0.05) is 19.2 Å². The summed E-state index contributed by atoms with van der Waals surface area (Å²) in [6, 6.07) is 10.9. The summed E-state index contributed by atoms with van der Waals surface area (Å²) >= 11 is 0. The predicted molar refractivity (Wildman–Crippen MR) is 113 cm³/mol. The molecule has 0 aliphatic carbocycles. The Balaban J connectivity index is 1.63. The van der Waals surface area contributed by atoms with Gasteiger partial charge in [0.15, 0.2) is 5.58 Å². The van der Waals surface area contributed by atoms with Crippen LogP contribution in [-0.2, 0) is 12.6 Å². The van der Waals surface area contributed by atoms with E-state index in [1.54, 1.807) is 38.1 Å². The molecule has 4 N–H and O–H groups in total. The number of anilines is 2. The van der Waals surface area contributed by atoms with Crippen LogP contribution in [0.15, 0.2) is 40.8 Å². The molecule has 9 heteroatoms. The lowest BCUT2D eigenvalue weighted by atomic mass is 9.98. The number of hydrogen-bond donors (Lipinski definition) is 4. The second kappa shape index (κ2) is 7.43. The fourth-order valence-corrected chi connectivity index (χ4v) is 3.18. The first kappa shape index (κ1) is 19.9. The van der Waals surface area contributed by atoms with E-state index in [0.717, 1.165) is 11.1 Å². The fourth-order valence-electron chi connectivity index (χ4n) is 3.18. The summed E-state index contributed by atoms with van der Waals surface area (Å²) in [5.41, 5.74) is 2.89. The van der Waals surface area contributed by atoms with E-state index in [9.17, 15) is 9.90 Å². The van der Waals surface area contributed by atoms with Gasteiger partial charge in [-0.2, -0.15) is 4.98 Å². The zero-order valence-electron chi connectivity index (χ0n) is 16.9. The molecule has 2 aromatic heterocycles. The van der Waals surface area contributed by atoms with Gasteiger partial charge in [-0.1, -0.05) is 6.07 Å². The third-order valence-corrected chi connectivity index (χ3v) is 4.85. The highest BCUT2D eigenvalue weighted by Crippen LogP contribution is 2.28. The summed E-state index contributed by atoms with van der Waals surface area (Å²) in [5, 5.41) is 24.7. The standard InChI is InChI=1S/C21H23N5O4/c1-21(2,29)13-5-6-14-17(11-13)30-20(24-14)25-19-23-15-10-12(18(28)22-8-9-27)4-7-16(15)26(19)3/h4-7,10-11,27,29H,8-9H2,1-3H3,(H,22,28)(H,23,24,25). The van der Waals surface area contributed by atoms with E-state index in [2.05, 4.69) is 20.6 Å². The molecule has 0 saturated carbocycles. The van der Waals surface area contributed by atoms with Gasteiger partial charge in [0.1, 0.15) is 5.52 Å². The summed E-state index contributed by atoms with van der Waals surface area (Å²) in [4.78, 5) is 21.1. The second-order valence-electron chi connectivity index (χ2n) is 7.56. The molecule has 1 amide bonds. The van der Waals surface area contributed by atoms with E-state index >= 15 is 0 Å². The number of hydrogen-bond acceptors (Lipinski definition) is 7. The zero-order valence-corrected chi connectivity index (χ0v) is 16.9. The number of carbonyl (C=O) groups is 1. The molecule has 0 aliphatic heterocycles. The largest absolute Gasteiger partial charge is 0.423 e. The number of aromatic nitrogens is 3. The lowest BCUT2D eigenvalue weighted by Crippen LogP contribution is -2.26. The number of oxazole rings is 1. The lowest BCUT2D eigenvalue weighted by Gasteiger charge is -2.16. The Morgan fingerprint density at radius 1 is 1.17 bits per heavy atom. The third-order valence-electron chi connectivity index (χ3n) is 4.85. The van der Waals surface area contributed by atoms with Gasteiger partial charge in [-0.15, -0.1) is 0 Å². The first-order valence-corrected chi connectivity index (χ1v) is 9.52. The quantitative estimate of drug-likeness (QED) is 0.385. The average Bonchev–Trinajstić information content (AvgIpc) is 3.25. The molecule has 0 aliphatic rings. The Labute approximate surface area is 172 Å². The maximum atomic E-state index is 12.1. The lowest BCUT2D eigenvalue weighted by molar-refractivity contribution is 0.0786. The first-order valence-electron chi connectivity index (χ1n) is 9.52. The number of aliphatic hydroxyl groups is 2. The highest BCUT2D eigenvalue weighted by Gasteiger charge is 2.18. The number of nitrogens with zero attached hydrogens (tertiary/aromatic N) is 3. The van der Waals surface area contributed by atoms with Crippen molar-refractivity contribution in [1.82, 2.24) is 19.9 Å². The van der Waals surface area contributed by atoms with Crippen LogP contribution in [0.25, 0.3) is 22.1 Å². The number of benzene rings is 2. The van der Waals surface area contributed by atoms with Crippen LogP contribution in [0.1, 0.15) is 29.8 Å². The number of rotatable bonds is 6. The number of aryl methyl sites for hydroxylation is 1. The minimum atomic E-state index is -0.979. The molecule has 0 unspecified atom stereocenters. The molecule has 156 valence electrons. The Bertz CT molecular complexity index is 1240. The Hall–Kier alpha value is -3.43. The topological polar surface area (TPSA) is 125 Å². The van der Waals surface area contributed by atoms with Crippen LogP contribution in [0.4, 0.5) is 12.0 Å². The number of fused-ring (bicyclic) bond motifs is 2. The van der Waals surface area contributed by atoms with Crippen LogP contribution in [0, 0.1) is 0 Å². The van der Waals surface area contributed by atoms with Crippen LogP contribution in [-0.4, -0.2) is 43.8 Å². The smallest absolute Gasteiger partial charge is 0.302 e. The highest BCUT2D eigenvalue weighted by molar-refractivity contribution is 5.97. The van der Waals surface area contributed by atoms with Crippen molar-refractivity contribution >= 4 is 40.0 Å². The van der Waals surface area contributed by atoms with Crippen molar-refractivity contribution in [3.05, 3.63) is 47.5 Å². The van der Waals surface area contributed by atoms with Crippen LogP contribution < -0.4 is 10.6 Å². The predicted octanol–water partition coefficient (Wildman–Crippen LogP) is 2.41. The molecular formula is C21H23N5O4. The molecule has 0 fully saturated rings. The minimum absolute atomic E-state index is 0.118. The fraction of sp³-hybridized carbons (Fsp3) is 0.286. The summed E-state index contributed by atoms with van der Waals surface area (Å²) < 4.78 is 7.63. The monoisotopic (exact) mass is 409 g/mol. The zero-order chi connectivity index (χ0) is 21.5. The molecule has 0 spiro atoms. The van der Waals surface area contributed by atoms with Crippen LogP contribution in [0.5, 0.6) is 0 Å². The Morgan fingerprint density at radius 3 is 2.70 bits per heavy atom. The highest BCUT2D eigenvalue weighted by atomic mass is 16.4. The van der Waals surface area contributed by atoms with Crippen LogP contribution >= 0.6 is 0 Å². The van der Waals surface area contributed by atoms with Gasteiger partial charge >= 0.3 is 6.01 Å². The number of aliphatic hydroxyl groups excluding tert-OH is 1. The van der Waals surface area contributed by atoms with Gasteiger partial charge in [-0.05, 0) is 49.7 Å². The van der Waals surface area contributed by atoms with Crippen LogP contribution in [0.2, 0.25) is 0 Å². The number of carbonyl (C=O) groups excluding carboxylic acids is 1. The Morgan fingerprint density at radius 2 is 1.97 bits per heavy atom. The molecule has 2 aromatic carbocycles. The van der Waals surface area contributed by atoms with Crippen molar-refractivity contribution < 1.29 is 19.4 Å². The summed E-state index contributed by atoms with van der Waals surface area (Å²) in [7, 11) is 1.85. The molecule has 0 radical (unpaired) electrons. The molecule has 30 heavy (non-hydrogen) atoms. The second-order valence-corrected chi connectivity index (χ2v) is 7.56. The summed E-state index contributed by atoms with van der Waals surface area (Å²) in [6.07, 6.45) is 0. The number of amides is 1. The number of nitrogens with one attached hydrogen (secondary N) is 2. The van der Waals surface area contributed by atoms with Crippen molar-refractivity contribution in [2.75, 3.05) is 18.5 Å². The van der Waals surface area contributed by atoms with Crippen LogP contribution in [0.3, 0.4) is 0 Å². The van der Waals surface area contributed by atoms with E-state index in [-0.39, 0.29) is 25.1 Å². The van der Waals surface area contributed by atoms with E-state index in [0.29, 0.717) is 28.1 Å². The van der Waals surface area contributed by atoms with Gasteiger partial charge in [0.2, 0.25) is 5.95 Å². The molecule has 0 bridgehead atoms. The van der Waals surface area contributed by atoms with Gasteiger partial charge in [-0.3, -0.25) is 10.1 Å². The molecular weight excluding hydrogens is 386 g/mol. The normalized spacial score (nSPS) is 11.9. The van der Waals surface area contributed by atoms with E-state index in [1.165, 1.54) is 0 Å². The summed E-state index contributed by atoms with van der Waals surface area (Å²) in [5.74, 6) is 0.236.